The van der Waals surface area contributed by atoms with E-state index in [1.165, 1.54) is 5.56 Å². The molecule has 1 N–H and O–H groups in total. The Morgan fingerprint density at radius 2 is 1.71 bits per heavy atom. The van der Waals surface area contributed by atoms with Gasteiger partial charge in [0.1, 0.15) is 5.75 Å². The van der Waals surface area contributed by atoms with Crippen LogP contribution in [0.3, 0.4) is 0 Å². The molecule has 0 aliphatic carbocycles. The predicted molar refractivity (Wildman–Crippen MR) is 116 cm³/mol. The number of carbonyl (C=O) groups excluding carboxylic acids is 1. The van der Waals surface area contributed by atoms with E-state index in [0.29, 0.717) is 12.2 Å². The number of nitrogens with zero attached hydrogens (tertiary/aromatic N) is 2. The van der Waals surface area contributed by atoms with Crippen molar-refractivity contribution < 1.29 is 9.53 Å². The average molecular weight is 404 g/mol. The predicted octanol–water partition coefficient (Wildman–Crippen LogP) is 3.57. The number of nitrogens with one attached hydrogen (secondary N) is 1. The van der Waals surface area contributed by atoms with Gasteiger partial charge in [0.05, 0.1) is 12.8 Å². The molecule has 1 amide bonds. The van der Waals surface area contributed by atoms with Crippen molar-refractivity contribution in [1.82, 2.24) is 9.80 Å². The van der Waals surface area contributed by atoms with Gasteiger partial charge < -0.3 is 15.0 Å². The molecular weight excluding hydrogens is 374 g/mol. The minimum atomic E-state index is 0. The number of methoxy groups -OCH3 is 1. The molecule has 0 spiro atoms. The fourth-order valence-corrected chi connectivity index (χ4v) is 3.40. The van der Waals surface area contributed by atoms with E-state index >= 15 is 0 Å². The van der Waals surface area contributed by atoms with Crippen molar-refractivity contribution in [2.24, 2.45) is 0 Å². The van der Waals surface area contributed by atoms with Gasteiger partial charge in [-0.05, 0) is 30.2 Å². The Morgan fingerprint density at radius 3 is 2.39 bits per heavy atom. The summed E-state index contributed by atoms with van der Waals surface area (Å²) in [4.78, 5) is 17.2. The molecule has 0 atom stereocenters. The Morgan fingerprint density at radius 1 is 1.04 bits per heavy atom. The van der Waals surface area contributed by atoms with Crippen LogP contribution in [0, 0.1) is 6.92 Å². The van der Waals surface area contributed by atoms with E-state index in [2.05, 4.69) is 45.4 Å². The van der Waals surface area contributed by atoms with Gasteiger partial charge in [0, 0.05) is 45.7 Å². The SMILES string of the molecule is COc1ccc(C)cc1NC(=O)CCN1CCN(Cc2ccccc2)CC1.Cl. The summed E-state index contributed by atoms with van der Waals surface area (Å²) in [6.07, 6.45) is 0.496. The fourth-order valence-electron chi connectivity index (χ4n) is 3.40. The quantitative estimate of drug-likeness (QED) is 0.767. The average Bonchev–Trinajstić information content (AvgIpc) is 2.68. The molecule has 28 heavy (non-hydrogen) atoms. The summed E-state index contributed by atoms with van der Waals surface area (Å²) in [5, 5.41) is 2.98. The third-order valence-corrected chi connectivity index (χ3v) is 5.00. The van der Waals surface area contributed by atoms with E-state index in [1.807, 2.05) is 25.1 Å². The summed E-state index contributed by atoms with van der Waals surface area (Å²) in [5.41, 5.74) is 3.20. The van der Waals surface area contributed by atoms with Crippen molar-refractivity contribution in [3.63, 3.8) is 0 Å². The monoisotopic (exact) mass is 403 g/mol. The lowest BCUT2D eigenvalue weighted by molar-refractivity contribution is -0.116. The Hall–Kier alpha value is -2.08. The number of carbonyl (C=O) groups is 1. The second-order valence-corrected chi connectivity index (χ2v) is 7.11. The molecule has 1 fully saturated rings. The molecule has 6 heteroatoms. The van der Waals surface area contributed by atoms with Crippen LogP contribution in [0.15, 0.2) is 48.5 Å². The van der Waals surface area contributed by atoms with Crippen molar-refractivity contribution in [3.05, 3.63) is 59.7 Å². The molecule has 1 aliphatic rings. The number of rotatable bonds is 7. The van der Waals surface area contributed by atoms with Gasteiger partial charge in [0.2, 0.25) is 5.91 Å². The molecular formula is C22H30ClN3O2. The standard InChI is InChI=1S/C22H29N3O2.ClH/c1-18-8-9-21(27-2)20(16-18)23-22(26)10-11-24-12-14-25(15-13-24)17-19-6-4-3-5-7-19;/h3-9,16H,10-15,17H2,1-2H3,(H,23,26);1H. The lowest BCUT2D eigenvalue weighted by Gasteiger charge is -2.34. The Labute approximate surface area is 174 Å². The zero-order valence-corrected chi connectivity index (χ0v) is 17.5. The molecule has 0 aromatic heterocycles. The van der Waals surface area contributed by atoms with Gasteiger partial charge in [-0.3, -0.25) is 9.69 Å². The fraction of sp³-hybridized carbons (Fsp3) is 0.409. The van der Waals surface area contributed by atoms with E-state index in [1.54, 1.807) is 7.11 Å². The number of hydrogen-bond donors (Lipinski definition) is 1. The number of ether oxygens (including phenoxy) is 1. The van der Waals surface area contributed by atoms with Crippen LogP contribution in [0.1, 0.15) is 17.5 Å². The van der Waals surface area contributed by atoms with Crippen LogP contribution in [-0.4, -0.2) is 55.5 Å². The van der Waals surface area contributed by atoms with Gasteiger partial charge in [-0.2, -0.15) is 0 Å². The summed E-state index contributed by atoms with van der Waals surface area (Å²) in [6, 6.07) is 16.4. The first-order chi connectivity index (χ1) is 13.1. The molecule has 2 aromatic carbocycles. The maximum Gasteiger partial charge on any atom is 0.225 e. The van der Waals surface area contributed by atoms with E-state index in [0.717, 1.165) is 50.5 Å². The van der Waals surface area contributed by atoms with Crippen LogP contribution in [0.2, 0.25) is 0 Å². The lowest BCUT2D eigenvalue weighted by Crippen LogP contribution is -2.46. The zero-order chi connectivity index (χ0) is 19.1. The number of halogens is 1. The van der Waals surface area contributed by atoms with Gasteiger partial charge >= 0.3 is 0 Å². The highest BCUT2D eigenvalue weighted by Crippen LogP contribution is 2.25. The second-order valence-electron chi connectivity index (χ2n) is 7.11. The Kier molecular flexibility index (Phi) is 8.77. The number of benzene rings is 2. The number of aryl methyl sites for hydroxylation is 1. The molecule has 5 nitrogen and oxygen atoms in total. The Balaban J connectivity index is 0.00000280. The molecule has 0 bridgehead atoms. The van der Waals surface area contributed by atoms with Gasteiger partial charge in [-0.15, -0.1) is 12.4 Å². The molecule has 3 rings (SSSR count). The van der Waals surface area contributed by atoms with E-state index in [-0.39, 0.29) is 18.3 Å². The van der Waals surface area contributed by atoms with Crippen LogP contribution in [0.4, 0.5) is 5.69 Å². The topological polar surface area (TPSA) is 44.8 Å². The van der Waals surface area contributed by atoms with Crippen LogP contribution in [0.25, 0.3) is 0 Å². The zero-order valence-electron chi connectivity index (χ0n) is 16.7. The first kappa shape index (κ1) is 22.2. The maximum absolute atomic E-state index is 12.3. The first-order valence-corrected chi connectivity index (χ1v) is 9.57. The van der Waals surface area contributed by atoms with E-state index in [4.69, 9.17) is 4.74 Å². The number of hydrogen-bond acceptors (Lipinski definition) is 4. The molecule has 1 aliphatic heterocycles. The van der Waals surface area contributed by atoms with Crippen molar-refractivity contribution in [1.29, 1.82) is 0 Å². The third-order valence-electron chi connectivity index (χ3n) is 5.00. The molecule has 0 unspecified atom stereocenters. The summed E-state index contributed by atoms with van der Waals surface area (Å²) in [6.45, 7) is 7.90. The van der Waals surface area contributed by atoms with E-state index in [9.17, 15) is 4.79 Å². The summed E-state index contributed by atoms with van der Waals surface area (Å²) >= 11 is 0. The highest BCUT2D eigenvalue weighted by molar-refractivity contribution is 5.92. The minimum Gasteiger partial charge on any atom is -0.495 e. The van der Waals surface area contributed by atoms with Crippen LogP contribution in [-0.2, 0) is 11.3 Å². The van der Waals surface area contributed by atoms with Crippen LogP contribution in [0.5, 0.6) is 5.75 Å². The summed E-state index contributed by atoms with van der Waals surface area (Å²) in [7, 11) is 1.62. The molecule has 1 heterocycles. The highest BCUT2D eigenvalue weighted by Gasteiger charge is 2.18. The number of amides is 1. The molecule has 0 saturated carbocycles. The van der Waals surface area contributed by atoms with Gasteiger partial charge in [-0.25, -0.2) is 0 Å². The van der Waals surface area contributed by atoms with Gasteiger partial charge in [0.15, 0.2) is 0 Å². The number of piperazine rings is 1. The smallest absolute Gasteiger partial charge is 0.225 e. The normalized spacial score (nSPS) is 14.9. The second kappa shape index (κ2) is 11.1. The largest absolute Gasteiger partial charge is 0.495 e. The van der Waals surface area contributed by atoms with E-state index < -0.39 is 0 Å². The van der Waals surface area contributed by atoms with Gasteiger partial charge in [0.25, 0.3) is 0 Å². The molecule has 1 saturated heterocycles. The van der Waals surface area contributed by atoms with Crippen molar-refractivity contribution in [3.8, 4) is 5.75 Å². The molecule has 0 radical (unpaired) electrons. The highest BCUT2D eigenvalue weighted by atomic mass is 35.5. The van der Waals surface area contributed by atoms with Crippen LogP contribution >= 0.6 is 12.4 Å². The van der Waals surface area contributed by atoms with Gasteiger partial charge in [-0.1, -0.05) is 36.4 Å². The Bertz CT molecular complexity index is 747. The minimum absolute atomic E-state index is 0. The molecule has 152 valence electrons. The number of anilines is 1. The third kappa shape index (κ3) is 6.51. The molecule has 2 aromatic rings. The van der Waals surface area contributed by atoms with Crippen molar-refractivity contribution in [2.45, 2.75) is 19.9 Å². The lowest BCUT2D eigenvalue weighted by atomic mass is 10.2. The van der Waals surface area contributed by atoms with Crippen molar-refractivity contribution >= 4 is 24.0 Å². The summed E-state index contributed by atoms with van der Waals surface area (Å²) in [5.74, 6) is 0.731. The summed E-state index contributed by atoms with van der Waals surface area (Å²) < 4.78 is 5.33. The van der Waals surface area contributed by atoms with Crippen molar-refractivity contribution in [2.75, 3.05) is 45.2 Å². The first-order valence-electron chi connectivity index (χ1n) is 9.57. The van der Waals surface area contributed by atoms with Crippen LogP contribution < -0.4 is 10.1 Å². The maximum atomic E-state index is 12.3.